The number of H-pyrrole nitrogens is 1. The van der Waals surface area contributed by atoms with E-state index in [-0.39, 0.29) is 5.75 Å². The van der Waals surface area contributed by atoms with E-state index in [2.05, 4.69) is 20.5 Å². The minimum absolute atomic E-state index is 0.172. The van der Waals surface area contributed by atoms with Crippen LogP contribution in [0.15, 0.2) is 47.5 Å². The number of nitrogens with one attached hydrogen (secondary N) is 2. The van der Waals surface area contributed by atoms with Gasteiger partial charge in [-0.3, -0.25) is 5.10 Å². The fourth-order valence-corrected chi connectivity index (χ4v) is 5.10. The number of methoxy groups -OCH3 is 1. The number of ether oxygens (including phenoxy) is 1. The van der Waals surface area contributed by atoms with Crippen molar-refractivity contribution in [2.45, 2.75) is 11.3 Å². The summed E-state index contributed by atoms with van der Waals surface area (Å²) >= 11 is 0. The highest BCUT2D eigenvalue weighted by atomic mass is 32.2. The molecule has 2 N–H and O–H groups in total. The molecule has 0 atom stereocenters. The second-order valence-corrected chi connectivity index (χ2v) is 8.58. The average molecular weight is 380 g/mol. The van der Waals surface area contributed by atoms with Crippen molar-refractivity contribution in [3.8, 4) is 5.75 Å². The maximum Gasteiger partial charge on any atom is 0.179 e. The fourth-order valence-electron chi connectivity index (χ4n) is 3.51. The van der Waals surface area contributed by atoms with Crippen LogP contribution in [0.3, 0.4) is 0 Å². The van der Waals surface area contributed by atoms with Crippen molar-refractivity contribution in [2.75, 3.05) is 18.2 Å². The van der Waals surface area contributed by atoms with Crippen molar-refractivity contribution in [2.24, 2.45) is 0 Å². The van der Waals surface area contributed by atoms with Crippen LogP contribution in [0, 0.1) is 0 Å². The molecule has 0 unspecified atom stereocenters. The zero-order chi connectivity index (χ0) is 18.6. The highest BCUT2D eigenvalue weighted by Gasteiger charge is 2.26. The van der Waals surface area contributed by atoms with Gasteiger partial charge in [-0.05, 0) is 42.3 Å². The van der Waals surface area contributed by atoms with E-state index in [1.54, 1.807) is 13.2 Å². The van der Waals surface area contributed by atoms with Crippen LogP contribution >= 0.6 is 0 Å². The number of nitrogens with zero attached hydrogens (tertiary/aromatic N) is 2. The lowest BCUT2D eigenvalue weighted by molar-refractivity contribution is 0.415. The van der Waals surface area contributed by atoms with Crippen molar-refractivity contribution < 1.29 is 13.2 Å². The highest BCUT2D eigenvalue weighted by Crippen LogP contribution is 2.33. The van der Waals surface area contributed by atoms with Crippen LogP contribution in [0.1, 0.15) is 5.56 Å². The molecule has 0 fully saturated rings. The van der Waals surface area contributed by atoms with Gasteiger partial charge >= 0.3 is 0 Å². The number of pyridine rings is 1. The third kappa shape index (κ3) is 2.52. The number of hydrogen-bond acceptors (Lipinski definition) is 6. The Morgan fingerprint density at radius 2 is 2.04 bits per heavy atom. The first kappa shape index (κ1) is 16.1. The lowest BCUT2D eigenvalue weighted by Crippen LogP contribution is -2.00. The first-order valence-electron chi connectivity index (χ1n) is 8.49. The van der Waals surface area contributed by atoms with Crippen LogP contribution < -0.4 is 10.1 Å². The monoisotopic (exact) mass is 380 g/mol. The molecule has 1 aliphatic rings. The molecule has 0 saturated heterocycles. The minimum atomic E-state index is -3.19. The van der Waals surface area contributed by atoms with Crippen molar-refractivity contribution in [3.05, 3.63) is 48.2 Å². The molecule has 3 heterocycles. The molecule has 8 heteroatoms. The van der Waals surface area contributed by atoms with Crippen molar-refractivity contribution in [3.63, 3.8) is 0 Å². The zero-order valence-electron chi connectivity index (χ0n) is 14.5. The van der Waals surface area contributed by atoms with Crippen molar-refractivity contribution >= 4 is 43.1 Å². The van der Waals surface area contributed by atoms with E-state index in [1.807, 2.05) is 36.5 Å². The van der Waals surface area contributed by atoms with Gasteiger partial charge in [0.15, 0.2) is 15.7 Å². The molecule has 5 rings (SSSR count). The lowest BCUT2D eigenvalue weighted by Gasteiger charge is -2.10. The first-order valence-corrected chi connectivity index (χ1v) is 10.1. The third-order valence-electron chi connectivity index (χ3n) is 4.90. The van der Waals surface area contributed by atoms with E-state index >= 15 is 0 Å². The molecular formula is C19H16N4O3S. The van der Waals surface area contributed by atoms with Crippen LogP contribution in [0.25, 0.3) is 21.8 Å². The molecule has 136 valence electrons. The normalized spacial score (nSPS) is 15.1. The largest absolute Gasteiger partial charge is 0.497 e. The Balaban J connectivity index is 1.64. The molecule has 2 aromatic carbocycles. The van der Waals surface area contributed by atoms with Gasteiger partial charge in [-0.1, -0.05) is 6.07 Å². The van der Waals surface area contributed by atoms with Gasteiger partial charge in [-0.15, -0.1) is 0 Å². The van der Waals surface area contributed by atoms with Crippen molar-refractivity contribution in [1.29, 1.82) is 0 Å². The molecule has 0 radical (unpaired) electrons. The van der Waals surface area contributed by atoms with Crippen LogP contribution in [0.4, 0.5) is 11.5 Å². The number of fused-ring (bicyclic) bond motifs is 4. The fraction of sp³-hybridized carbons (Fsp3) is 0.158. The first-order chi connectivity index (χ1) is 13.0. The summed E-state index contributed by atoms with van der Waals surface area (Å²) in [5.41, 5.74) is 3.01. The van der Waals surface area contributed by atoms with E-state index in [4.69, 9.17) is 4.74 Å². The number of benzene rings is 2. The van der Waals surface area contributed by atoms with Gasteiger partial charge in [0.1, 0.15) is 11.3 Å². The Kier molecular flexibility index (Phi) is 3.38. The zero-order valence-corrected chi connectivity index (χ0v) is 15.3. The van der Waals surface area contributed by atoms with E-state index in [9.17, 15) is 8.42 Å². The van der Waals surface area contributed by atoms with Gasteiger partial charge in [-0.2, -0.15) is 5.10 Å². The van der Waals surface area contributed by atoms with Crippen LogP contribution in [-0.4, -0.2) is 36.5 Å². The Morgan fingerprint density at radius 1 is 1.15 bits per heavy atom. The van der Waals surface area contributed by atoms with Gasteiger partial charge in [0.25, 0.3) is 0 Å². The number of hydrogen-bond donors (Lipinski definition) is 2. The number of anilines is 2. The number of rotatable bonds is 3. The predicted octanol–water partition coefficient (Wildman–Crippen LogP) is 3.19. The Bertz CT molecular complexity index is 1310. The molecular weight excluding hydrogens is 364 g/mol. The summed E-state index contributed by atoms with van der Waals surface area (Å²) in [5, 5.41) is 12.3. The van der Waals surface area contributed by atoms with Crippen LogP contribution in [0.2, 0.25) is 0 Å². The molecule has 27 heavy (non-hydrogen) atoms. The number of aromatic nitrogens is 3. The van der Waals surface area contributed by atoms with Crippen LogP contribution in [0.5, 0.6) is 5.75 Å². The summed E-state index contributed by atoms with van der Waals surface area (Å²) in [7, 11) is -1.57. The molecule has 0 spiro atoms. The molecule has 7 nitrogen and oxygen atoms in total. The number of aryl methyl sites for hydroxylation is 1. The second-order valence-electron chi connectivity index (χ2n) is 6.51. The molecule has 0 amide bonds. The second kappa shape index (κ2) is 5.68. The Morgan fingerprint density at radius 3 is 2.89 bits per heavy atom. The Hall–Kier alpha value is -3.13. The summed E-state index contributed by atoms with van der Waals surface area (Å²) in [6.07, 6.45) is 2.38. The van der Waals surface area contributed by atoms with Gasteiger partial charge in [-0.25, -0.2) is 13.4 Å². The van der Waals surface area contributed by atoms with E-state index in [1.165, 1.54) is 0 Å². The summed E-state index contributed by atoms with van der Waals surface area (Å²) in [6, 6.07) is 11.1. The lowest BCUT2D eigenvalue weighted by atomic mass is 10.1. The average Bonchev–Trinajstić information content (AvgIpc) is 3.27. The highest BCUT2D eigenvalue weighted by molar-refractivity contribution is 7.91. The maximum atomic E-state index is 12.2. The summed E-state index contributed by atoms with van der Waals surface area (Å²) in [4.78, 5) is 5.08. The van der Waals surface area contributed by atoms with Gasteiger partial charge in [0, 0.05) is 22.7 Å². The standard InChI is InChI=1S/C19H16N4O3S/c1-26-13-4-5-16-14(9-13)15-10-20-23-18(15)19(22-16)21-12-3-2-11-6-7-27(24,25)17(11)8-12/h2-5,8-10H,6-7H2,1H3,(H,20,23)(H,21,22). The molecule has 4 aromatic rings. The molecule has 0 aliphatic carbocycles. The molecule has 2 aromatic heterocycles. The number of sulfone groups is 1. The minimum Gasteiger partial charge on any atom is -0.497 e. The summed E-state index contributed by atoms with van der Waals surface area (Å²) < 4.78 is 29.7. The third-order valence-corrected chi connectivity index (χ3v) is 6.69. The molecule has 1 aliphatic heterocycles. The SMILES string of the molecule is COc1ccc2nc(Nc3ccc4c(c3)S(=O)(=O)CC4)c3n[nH]cc3c2c1. The van der Waals surface area contributed by atoms with Gasteiger partial charge < -0.3 is 10.1 Å². The van der Waals surface area contributed by atoms with Crippen LogP contribution in [-0.2, 0) is 16.3 Å². The topological polar surface area (TPSA) is 97.0 Å². The molecule has 0 bridgehead atoms. The van der Waals surface area contributed by atoms with Gasteiger partial charge in [0.2, 0.25) is 0 Å². The quantitative estimate of drug-likeness (QED) is 0.567. The summed E-state index contributed by atoms with van der Waals surface area (Å²) in [6.45, 7) is 0. The van der Waals surface area contributed by atoms with E-state index in [0.29, 0.717) is 28.3 Å². The van der Waals surface area contributed by atoms with E-state index in [0.717, 1.165) is 27.6 Å². The predicted molar refractivity (Wildman–Crippen MR) is 103 cm³/mol. The smallest absolute Gasteiger partial charge is 0.179 e. The van der Waals surface area contributed by atoms with Gasteiger partial charge in [0.05, 0.1) is 23.3 Å². The van der Waals surface area contributed by atoms with Crippen molar-refractivity contribution in [1.82, 2.24) is 15.2 Å². The van der Waals surface area contributed by atoms with E-state index < -0.39 is 9.84 Å². The maximum absolute atomic E-state index is 12.2. The Labute approximate surface area is 155 Å². The summed E-state index contributed by atoms with van der Waals surface area (Å²) in [5.74, 6) is 1.49. The number of aromatic amines is 1. The molecule has 0 saturated carbocycles.